The van der Waals surface area contributed by atoms with Crippen molar-refractivity contribution in [3.63, 3.8) is 0 Å². The van der Waals surface area contributed by atoms with Gasteiger partial charge in [0.1, 0.15) is 0 Å². The minimum atomic E-state index is 0.199. The Balaban J connectivity index is 2.77. The number of hydrogen-bond donors (Lipinski definition) is 2. The summed E-state index contributed by atoms with van der Waals surface area (Å²) in [5, 5.41) is 12.2. The number of hydrogen-bond acceptors (Lipinski definition) is 4. The number of aliphatic hydroxyl groups is 1. The predicted molar refractivity (Wildman–Crippen MR) is 79.9 cm³/mol. The number of benzene rings is 1. The van der Waals surface area contributed by atoms with Crippen LogP contribution in [0.1, 0.15) is 25.8 Å². The lowest BCUT2D eigenvalue weighted by atomic mass is 10.1. The second-order valence-corrected chi connectivity index (χ2v) is 5.19. The van der Waals surface area contributed by atoms with Crippen molar-refractivity contribution < 1.29 is 14.6 Å². The largest absolute Gasteiger partial charge is 0.493 e. The van der Waals surface area contributed by atoms with Gasteiger partial charge in [0.25, 0.3) is 0 Å². The molecule has 0 heterocycles. The fraction of sp³-hybridized carbons (Fsp3) is 0.571. The van der Waals surface area contributed by atoms with Gasteiger partial charge in [-0.15, -0.1) is 0 Å². The summed E-state index contributed by atoms with van der Waals surface area (Å²) in [6.45, 7) is 5.52. The third-order valence-corrected chi connectivity index (χ3v) is 3.38. The number of nitrogens with one attached hydrogen (secondary N) is 1. The zero-order chi connectivity index (χ0) is 14.3. The van der Waals surface area contributed by atoms with Gasteiger partial charge in [0, 0.05) is 19.2 Å². The molecule has 1 aromatic carbocycles. The highest BCUT2D eigenvalue weighted by Crippen LogP contribution is 2.36. The molecule has 19 heavy (non-hydrogen) atoms. The Morgan fingerprint density at radius 3 is 2.74 bits per heavy atom. The normalized spacial score (nSPS) is 12.3. The Labute approximate surface area is 123 Å². The van der Waals surface area contributed by atoms with E-state index in [4.69, 9.17) is 14.6 Å². The van der Waals surface area contributed by atoms with Crippen molar-refractivity contribution in [1.82, 2.24) is 5.32 Å². The van der Waals surface area contributed by atoms with E-state index >= 15 is 0 Å². The molecule has 1 unspecified atom stereocenters. The Hall–Kier alpha value is -0.780. The van der Waals surface area contributed by atoms with Gasteiger partial charge in [-0.3, -0.25) is 0 Å². The summed E-state index contributed by atoms with van der Waals surface area (Å²) < 4.78 is 11.8. The van der Waals surface area contributed by atoms with Crippen molar-refractivity contribution in [3.8, 4) is 11.5 Å². The van der Waals surface area contributed by atoms with Crippen LogP contribution in [0.4, 0.5) is 0 Å². The molecule has 0 aliphatic rings. The average Bonchev–Trinajstić information content (AvgIpc) is 2.39. The molecule has 0 saturated carbocycles. The highest BCUT2D eigenvalue weighted by atomic mass is 79.9. The lowest BCUT2D eigenvalue weighted by Crippen LogP contribution is -2.26. The van der Waals surface area contributed by atoms with Crippen LogP contribution in [-0.4, -0.2) is 31.5 Å². The Kier molecular flexibility index (Phi) is 7.20. The van der Waals surface area contributed by atoms with Crippen molar-refractivity contribution in [2.75, 3.05) is 20.3 Å². The van der Waals surface area contributed by atoms with E-state index in [0.717, 1.165) is 34.5 Å². The quantitative estimate of drug-likeness (QED) is 0.769. The van der Waals surface area contributed by atoms with Crippen LogP contribution < -0.4 is 14.8 Å². The molecule has 108 valence electrons. The summed E-state index contributed by atoms with van der Waals surface area (Å²) in [4.78, 5) is 0. The van der Waals surface area contributed by atoms with Gasteiger partial charge in [0.05, 0.1) is 18.2 Å². The first-order chi connectivity index (χ1) is 9.12. The summed E-state index contributed by atoms with van der Waals surface area (Å²) in [5.74, 6) is 1.46. The lowest BCUT2D eigenvalue weighted by Gasteiger charge is -2.16. The van der Waals surface area contributed by atoms with Crippen molar-refractivity contribution >= 4 is 15.9 Å². The van der Waals surface area contributed by atoms with E-state index in [9.17, 15) is 0 Å². The first-order valence-electron chi connectivity index (χ1n) is 6.45. The Bertz CT molecular complexity index is 399. The smallest absolute Gasteiger partial charge is 0.175 e. The highest BCUT2D eigenvalue weighted by molar-refractivity contribution is 9.10. The molecule has 4 nitrogen and oxygen atoms in total. The summed E-state index contributed by atoms with van der Waals surface area (Å²) in [5.41, 5.74) is 1.11. The van der Waals surface area contributed by atoms with E-state index in [0.29, 0.717) is 6.61 Å². The van der Waals surface area contributed by atoms with Crippen LogP contribution in [0.15, 0.2) is 16.6 Å². The fourth-order valence-corrected chi connectivity index (χ4v) is 2.35. The van der Waals surface area contributed by atoms with Crippen LogP contribution >= 0.6 is 15.9 Å². The van der Waals surface area contributed by atoms with Gasteiger partial charge in [-0.2, -0.15) is 0 Å². The van der Waals surface area contributed by atoms with Gasteiger partial charge in [-0.25, -0.2) is 0 Å². The molecule has 0 radical (unpaired) electrons. The number of rotatable bonds is 8. The van der Waals surface area contributed by atoms with E-state index in [1.54, 1.807) is 7.11 Å². The van der Waals surface area contributed by atoms with E-state index in [1.165, 1.54) is 0 Å². The van der Waals surface area contributed by atoms with Crippen molar-refractivity contribution in [2.45, 2.75) is 32.9 Å². The molecule has 0 aromatic heterocycles. The number of ether oxygens (including phenoxy) is 2. The van der Waals surface area contributed by atoms with E-state index < -0.39 is 0 Å². The van der Waals surface area contributed by atoms with Gasteiger partial charge in [-0.1, -0.05) is 0 Å². The molecule has 0 saturated heterocycles. The molecule has 0 spiro atoms. The first-order valence-corrected chi connectivity index (χ1v) is 7.25. The van der Waals surface area contributed by atoms with Gasteiger partial charge >= 0.3 is 0 Å². The highest BCUT2D eigenvalue weighted by Gasteiger charge is 2.11. The van der Waals surface area contributed by atoms with Crippen LogP contribution in [0.5, 0.6) is 11.5 Å². The maximum atomic E-state index is 8.87. The molecule has 0 aliphatic heterocycles. The summed E-state index contributed by atoms with van der Waals surface area (Å²) in [6.07, 6.45) is 0.745. The van der Waals surface area contributed by atoms with Gasteiger partial charge in [0.15, 0.2) is 11.5 Å². The van der Waals surface area contributed by atoms with Crippen LogP contribution in [0.2, 0.25) is 0 Å². The third-order valence-electron chi connectivity index (χ3n) is 2.79. The molecule has 5 heteroatoms. The maximum Gasteiger partial charge on any atom is 0.175 e. The Morgan fingerprint density at radius 2 is 2.16 bits per heavy atom. The van der Waals surface area contributed by atoms with E-state index in [-0.39, 0.29) is 12.6 Å². The number of methoxy groups -OCH3 is 1. The second-order valence-electron chi connectivity index (χ2n) is 4.34. The topological polar surface area (TPSA) is 50.7 Å². The molecular formula is C14H22BrNO3. The van der Waals surface area contributed by atoms with Crippen LogP contribution in [0.3, 0.4) is 0 Å². The minimum absolute atomic E-state index is 0.199. The van der Waals surface area contributed by atoms with Gasteiger partial charge in [0.2, 0.25) is 0 Å². The maximum absolute atomic E-state index is 8.87. The number of aliphatic hydroxyl groups excluding tert-OH is 1. The Morgan fingerprint density at radius 1 is 1.42 bits per heavy atom. The average molecular weight is 332 g/mol. The van der Waals surface area contributed by atoms with Crippen LogP contribution in [-0.2, 0) is 6.54 Å². The zero-order valence-corrected chi connectivity index (χ0v) is 13.3. The SMILES string of the molecule is CCOc1c(Br)cc(CNC(C)CCO)cc1OC. The van der Waals surface area contributed by atoms with Crippen molar-refractivity contribution in [2.24, 2.45) is 0 Å². The second kappa shape index (κ2) is 8.40. The van der Waals surface area contributed by atoms with Crippen molar-refractivity contribution in [1.29, 1.82) is 0 Å². The van der Waals surface area contributed by atoms with Gasteiger partial charge < -0.3 is 19.9 Å². The molecule has 1 aromatic rings. The first kappa shape index (κ1) is 16.3. The predicted octanol–water partition coefficient (Wildman–Crippen LogP) is 2.72. The van der Waals surface area contributed by atoms with Gasteiger partial charge in [-0.05, 0) is 53.9 Å². The molecular weight excluding hydrogens is 310 g/mol. The van der Waals surface area contributed by atoms with E-state index in [1.807, 2.05) is 19.1 Å². The lowest BCUT2D eigenvalue weighted by molar-refractivity contribution is 0.268. The third kappa shape index (κ3) is 5.01. The standard InChI is InChI=1S/C14H22BrNO3/c1-4-19-14-12(15)7-11(8-13(14)18-3)9-16-10(2)5-6-17/h7-8,10,16-17H,4-6,9H2,1-3H3. The molecule has 1 atom stereocenters. The minimum Gasteiger partial charge on any atom is -0.493 e. The molecule has 0 fully saturated rings. The summed E-state index contributed by atoms with van der Waals surface area (Å²) >= 11 is 3.50. The summed E-state index contributed by atoms with van der Waals surface area (Å²) in [6, 6.07) is 4.27. The zero-order valence-electron chi connectivity index (χ0n) is 11.7. The van der Waals surface area contributed by atoms with Crippen LogP contribution in [0, 0.1) is 0 Å². The van der Waals surface area contributed by atoms with Crippen molar-refractivity contribution in [3.05, 3.63) is 22.2 Å². The van der Waals surface area contributed by atoms with E-state index in [2.05, 4.69) is 28.2 Å². The van der Waals surface area contributed by atoms with Crippen LogP contribution in [0.25, 0.3) is 0 Å². The molecule has 0 bridgehead atoms. The molecule has 0 aliphatic carbocycles. The fourth-order valence-electron chi connectivity index (χ4n) is 1.75. The molecule has 1 rings (SSSR count). The monoisotopic (exact) mass is 331 g/mol. The summed E-state index contributed by atoms with van der Waals surface area (Å²) in [7, 11) is 1.63. The molecule has 0 amide bonds. The molecule has 2 N–H and O–H groups in total. The number of halogens is 1.